The Labute approximate surface area is 136 Å². The van der Waals surface area contributed by atoms with Gasteiger partial charge in [0.05, 0.1) is 7.11 Å². The molecule has 0 spiro atoms. The molecule has 1 unspecified atom stereocenters. The first-order valence-electron chi connectivity index (χ1n) is 7.93. The summed E-state index contributed by atoms with van der Waals surface area (Å²) < 4.78 is 5.29. The number of hydrazine groups is 1. The van der Waals surface area contributed by atoms with E-state index in [4.69, 9.17) is 4.74 Å². The Morgan fingerprint density at radius 1 is 1.22 bits per heavy atom. The third-order valence-corrected chi connectivity index (χ3v) is 4.54. The van der Waals surface area contributed by atoms with E-state index in [1.807, 2.05) is 38.4 Å². The molecule has 0 saturated carbocycles. The molecular formula is C18H22N2O3. The van der Waals surface area contributed by atoms with E-state index >= 15 is 0 Å². The smallest absolute Gasteiger partial charge is 0.242 e. The highest BCUT2D eigenvalue weighted by molar-refractivity contribution is 6.01. The van der Waals surface area contributed by atoms with Crippen molar-refractivity contribution in [3.63, 3.8) is 0 Å². The van der Waals surface area contributed by atoms with Gasteiger partial charge in [-0.1, -0.05) is 12.1 Å². The number of allylic oxidation sites excluding steroid dienone is 2. The monoisotopic (exact) mass is 314 g/mol. The molecule has 0 saturated heterocycles. The fraction of sp³-hybridized carbons (Fsp3) is 0.444. The number of Topliss-reactive ketones (excluding diaryl/α,β-unsaturated/α-hetero) is 1. The highest BCUT2D eigenvalue weighted by atomic mass is 16.5. The number of hydrogen-bond donors (Lipinski definition) is 0. The molecule has 1 amide bonds. The predicted molar refractivity (Wildman–Crippen MR) is 86.8 cm³/mol. The van der Waals surface area contributed by atoms with Crippen LogP contribution in [0.25, 0.3) is 0 Å². The molecule has 122 valence electrons. The van der Waals surface area contributed by atoms with Crippen molar-refractivity contribution < 1.29 is 14.3 Å². The second-order valence-corrected chi connectivity index (χ2v) is 6.22. The van der Waals surface area contributed by atoms with Crippen molar-refractivity contribution in [3.8, 4) is 5.75 Å². The number of rotatable bonds is 3. The summed E-state index contributed by atoms with van der Waals surface area (Å²) in [6, 6.07) is 7.68. The van der Waals surface area contributed by atoms with Gasteiger partial charge in [0.15, 0.2) is 5.78 Å². The Morgan fingerprint density at radius 3 is 2.70 bits per heavy atom. The highest BCUT2D eigenvalue weighted by Crippen LogP contribution is 2.42. The van der Waals surface area contributed by atoms with Crippen molar-refractivity contribution in [2.24, 2.45) is 0 Å². The molecule has 3 rings (SSSR count). The molecule has 1 aliphatic heterocycles. The number of ketones is 1. The number of ether oxygens (including phenoxy) is 1. The molecule has 5 nitrogen and oxygen atoms in total. The van der Waals surface area contributed by atoms with Gasteiger partial charge in [-0.3, -0.25) is 9.59 Å². The van der Waals surface area contributed by atoms with E-state index in [-0.39, 0.29) is 17.6 Å². The minimum atomic E-state index is -0.170. The molecule has 0 aromatic heterocycles. The minimum absolute atomic E-state index is 0.0382. The van der Waals surface area contributed by atoms with E-state index in [9.17, 15) is 9.59 Å². The van der Waals surface area contributed by atoms with Crippen molar-refractivity contribution >= 4 is 11.7 Å². The van der Waals surface area contributed by atoms with Gasteiger partial charge in [-0.05, 0) is 30.5 Å². The van der Waals surface area contributed by atoms with Crippen molar-refractivity contribution in [1.82, 2.24) is 10.0 Å². The van der Waals surface area contributed by atoms with E-state index in [1.54, 1.807) is 17.1 Å². The first-order valence-corrected chi connectivity index (χ1v) is 7.93. The largest absolute Gasteiger partial charge is 0.497 e. The Kier molecular flexibility index (Phi) is 4.22. The first kappa shape index (κ1) is 15.7. The summed E-state index contributed by atoms with van der Waals surface area (Å²) in [5.74, 6) is 0.779. The van der Waals surface area contributed by atoms with Gasteiger partial charge in [-0.2, -0.15) is 0 Å². The second-order valence-electron chi connectivity index (χ2n) is 6.22. The molecule has 1 aliphatic carbocycles. The summed E-state index contributed by atoms with van der Waals surface area (Å²) in [6.45, 7) is 0. The zero-order chi connectivity index (χ0) is 16.6. The summed E-state index contributed by atoms with van der Waals surface area (Å²) >= 11 is 0. The first-order chi connectivity index (χ1) is 11.0. The summed E-state index contributed by atoms with van der Waals surface area (Å²) in [7, 11) is 5.30. The molecule has 1 atom stereocenters. The Bertz CT molecular complexity index is 679. The predicted octanol–water partition coefficient (Wildman–Crippen LogP) is 2.49. The molecule has 0 fully saturated rings. The van der Waals surface area contributed by atoms with E-state index < -0.39 is 0 Å². The second kappa shape index (κ2) is 6.16. The molecule has 0 bridgehead atoms. The van der Waals surface area contributed by atoms with E-state index in [1.165, 1.54) is 0 Å². The average molecular weight is 314 g/mol. The van der Waals surface area contributed by atoms with Crippen molar-refractivity contribution in [3.05, 3.63) is 41.1 Å². The van der Waals surface area contributed by atoms with Crippen molar-refractivity contribution in [2.45, 2.75) is 31.6 Å². The van der Waals surface area contributed by atoms with Crippen LogP contribution in [0, 0.1) is 0 Å². The molecule has 1 aromatic carbocycles. The lowest BCUT2D eigenvalue weighted by Gasteiger charge is -2.41. The van der Waals surface area contributed by atoms with Crippen LogP contribution < -0.4 is 4.74 Å². The topological polar surface area (TPSA) is 49.9 Å². The Balaban J connectivity index is 2.11. The molecule has 1 aromatic rings. The summed E-state index contributed by atoms with van der Waals surface area (Å²) in [6.07, 6.45) is 2.45. The molecule has 1 heterocycles. The van der Waals surface area contributed by atoms with Crippen molar-refractivity contribution in [1.29, 1.82) is 0 Å². The van der Waals surface area contributed by atoms with Gasteiger partial charge in [0, 0.05) is 44.1 Å². The van der Waals surface area contributed by atoms with Gasteiger partial charge in [0.1, 0.15) is 5.75 Å². The quantitative estimate of drug-likeness (QED) is 0.860. The van der Waals surface area contributed by atoms with Gasteiger partial charge in [-0.15, -0.1) is 0 Å². The van der Waals surface area contributed by atoms with Crippen LogP contribution in [-0.2, 0) is 9.59 Å². The van der Waals surface area contributed by atoms with Gasteiger partial charge < -0.3 is 4.74 Å². The fourth-order valence-electron chi connectivity index (χ4n) is 3.58. The lowest BCUT2D eigenvalue weighted by molar-refractivity contribution is -0.143. The van der Waals surface area contributed by atoms with Gasteiger partial charge in [0.25, 0.3) is 0 Å². The normalized spacial score (nSPS) is 21.7. The van der Waals surface area contributed by atoms with E-state index in [0.29, 0.717) is 12.8 Å². The molecular weight excluding hydrogens is 292 g/mol. The standard InChI is InChI=1S/C18H22N2O3/c1-19(2)20-15-8-5-9-16(21)18(15)14(11-17(20)22)12-6-4-7-13(10-12)23-3/h4,6-7,10,14H,5,8-9,11H2,1-3H3. The van der Waals surface area contributed by atoms with E-state index in [0.717, 1.165) is 35.4 Å². The number of methoxy groups -OCH3 is 1. The van der Waals surface area contributed by atoms with Gasteiger partial charge in [-0.25, -0.2) is 10.0 Å². The maximum absolute atomic E-state index is 12.6. The van der Waals surface area contributed by atoms with Crippen molar-refractivity contribution in [2.75, 3.05) is 21.2 Å². The molecule has 0 radical (unpaired) electrons. The van der Waals surface area contributed by atoms with Gasteiger partial charge in [0.2, 0.25) is 5.91 Å². The fourth-order valence-corrected chi connectivity index (χ4v) is 3.58. The number of hydrogen-bond acceptors (Lipinski definition) is 4. The Morgan fingerprint density at radius 2 is 2.00 bits per heavy atom. The third-order valence-electron chi connectivity index (χ3n) is 4.54. The van der Waals surface area contributed by atoms with E-state index in [2.05, 4.69) is 0 Å². The average Bonchev–Trinajstić information content (AvgIpc) is 2.53. The number of amides is 1. The number of nitrogens with zero attached hydrogens (tertiary/aromatic N) is 2. The minimum Gasteiger partial charge on any atom is -0.497 e. The number of benzene rings is 1. The summed E-state index contributed by atoms with van der Waals surface area (Å²) in [4.78, 5) is 25.2. The van der Waals surface area contributed by atoms with Crippen LogP contribution in [0.1, 0.15) is 37.2 Å². The zero-order valence-electron chi connectivity index (χ0n) is 13.8. The highest BCUT2D eigenvalue weighted by Gasteiger charge is 2.40. The SMILES string of the molecule is COc1cccc(C2CC(=O)N(N(C)C)C3=C2C(=O)CCC3)c1. The van der Waals surface area contributed by atoms with Gasteiger partial charge >= 0.3 is 0 Å². The van der Waals surface area contributed by atoms with Crippen LogP contribution in [0.5, 0.6) is 5.75 Å². The summed E-state index contributed by atoms with van der Waals surface area (Å²) in [5.41, 5.74) is 2.65. The molecule has 0 N–H and O–H groups in total. The number of carbonyl (C=O) groups is 2. The third kappa shape index (κ3) is 2.77. The summed E-state index contributed by atoms with van der Waals surface area (Å²) in [5, 5.41) is 3.45. The van der Waals surface area contributed by atoms with Crippen LogP contribution in [0.2, 0.25) is 0 Å². The van der Waals surface area contributed by atoms with Crippen LogP contribution in [0.4, 0.5) is 0 Å². The lowest BCUT2D eigenvalue weighted by Crippen LogP contribution is -2.47. The maximum Gasteiger partial charge on any atom is 0.242 e. The molecule has 2 aliphatic rings. The van der Waals surface area contributed by atoms with Crippen LogP contribution in [0.15, 0.2) is 35.5 Å². The molecule has 5 heteroatoms. The maximum atomic E-state index is 12.6. The molecule has 23 heavy (non-hydrogen) atoms. The number of carbonyl (C=O) groups excluding carboxylic acids is 2. The van der Waals surface area contributed by atoms with Crippen LogP contribution >= 0.6 is 0 Å². The lowest BCUT2D eigenvalue weighted by atomic mass is 9.77. The van der Waals surface area contributed by atoms with Crippen LogP contribution in [-0.4, -0.2) is 42.9 Å². The Hall–Kier alpha value is -2.14. The zero-order valence-corrected chi connectivity index (χ0v) is 13.8. The van der Waals surface area contributed by atoms with Crippen LogP contribution in [0.3, 0.4) is 0 Å².